The fraction of sp³-hybridized carbons (Fsp3) is 0.417. The van der Waals surface area contributed by atoms with Gasteiger partial charge in [0.2, 0.25) is 15.9 Å². The Morgan fingerprint density at radius 3 is 2.04 bits per heavy atom. The number of sulfonamides is 1. The van der Waals surface area contributed by atoms with Gasteiger partial charge in [0.25, 0.3) is 0 Å². The molecule has 0 saturated carbocycles. The SMILES string of the molecule is CCOc1cc(S(=O)(=O)N(C)C)ccc1C1=N[C@@H](c2ccc(Cl)cc2)[C@@H](c2ccc(Cl)cc2)N1C(=O)N1CCN(CC(=O)N2CCOCC2)CC1.Cl. The third kappa shape index (κ3) is 8.52. The van der Waals surface area contributed by atoms with Gasteiger partial charge in [-0.15, -0.1) is 12.4 Å². The molecule has 6 rings (SSSR count). The Balaban J connectivity index is 0.00000523. The molecular formula is C36H43Cl3N6O6S. The Bertz CT molecular complexity index is 1870. The van der Waals surface area contributed by atoms with Crippen LogP contribution >= 0.6 is 35.6 Å². The van der Waals surface area contributed by atoms with Gasteiger partial charge in [-0.25, -0.2) is 17.5 Å². The molecule has 0 bridgehead atoms. The largest absolute Gasteiger partial charge is 0.493 e. The lowest BCUT2D eigenvalue weighted by Crippen LogP contribution is -2.56. The first kappa shape index (κ1) is 39.8. The summed E-state index contributed by atoms with van der Waals surface area (Å²) in [5.74, 6) is 0.695. The van der Waals surface area contributed by atoms with Crippen molar-refractivity contribution in [3.05, 3.63) is 93.5 Å². The van der Waals surface area contributed by atoms with E-state index in [-0.39, 0.29) is 48.1 Å². The number of hydrogen-bond donors (Lipinski definition) is 0. The number of carbonyl (C=O) groups excluding carboxylic acids is 2. The summed E-state index contributed by atoms with van der Waals surface area (Å²) in [5.41, 5.74) is 2.13. The van der Waals surface area contributed by atoms with E-state index < -0.39 is 22.1 Å². The highest BCUT2D eigenvalue weighted by atomic mass is 35.5. The van der Waals surface area contributed by atoms with Crippen LogP contribution in [0.4, 0.5) is 4.79 Å². The van der Waals surface area contributed by atoms with Crippen LogP contribution in [0.2, 0.25) is 10.0 Å². The van der Waals surface area contributed by atoms with E-state index in [1.165, 1.54) is 26.2 Å². The van der Waals surface area contributed by atoms with Crippen LogP contribution in [0.3, 0.4) is 0 Å². The number of hydrogen-bond acceptors (Lipinski definition) is 8. The van der Waals surface area contributed by atoms with Crippen LogP contribution in [-0.2, 0) is 19.6 Å². The van der Waals surface area contributed by atoms with Gasteiger partial charge in [-0.2, -0.15) is 0 Å². The Labute approximate surface area is 321 Å². The second-order valence-corrected chi connectivity index (χ2v) is 15.8. The molecule has 0 aromatic heterocycles. The lowest BCUT2D eigenvalue weighted by molar-refractivity contribution is -0.136. The van der Waals surface area contributed by atoms with Crippen LogP contribution in [-0.4, -0.2) is 130 Å². The van der Waals surface area contributed by atoms with Gasteiger partial charge in [0.1, 0.15) is 17.6 Å². The lowest BCUT2D eigenvalue weighted by atomic mass is 9.93. The van der Waals surface area contributed by atoms with E-state index in [4.69, 9.17) is 37.7 Å². The molecule has 3 aliphatic rings. The van der Waals surface area contributed by atoms with Crippen molar-refractivity contribution in [1.82, 2.24) is 23.9 Å². The van der Waals surface area contributed by atoms with Crippen molar-refractivity contribution >= 4 is 63.4 Å². The van der Waals surface area contributed by atoms with Crippen LogP contribution in [0.5, 0.6) is 5.75 Å². The van der Waals surface area contributed by atoms with Crippen molar-refractivity contribution in [2.45, 2.75) is 23.9 Å². The maximum Gasteiger partial charge on any atom is 0.326 e. The molecule has 0 unspecified atom stereocenters. The average molecular weight is 794 g/mol. The van der Waals surface area contributed by atoms with E-state index in [0.29, 0.717) is 73.9 Å². The fourth-order valence-corrected chi connectivity index (χ4v) is 7.71. The van der Waals surface area contributed by atoms with Crippen LogP contribution in [0, 0.1) is 0 Å². The molecule has 0 N–H and O–H groups in total. The predicted octanol–water partition coefficient (Wildman–Crippen LogP) is 5.21. The third-order valence-electron chi connectivity index (χ3n) is 9.33. The maximum atomic E-state index is 14.9. The van der Waals surface area contributed by atoms with Crippen LogP contribution in [0.15, 0.2) is 76.6 Å². The zero-order valence-corrected chi connectivity index (χ0v) is 32.4. The van der Waals surface area contributed by atoms with Gasteiger partial charge in [-0.1, -0.05) is 47.5 Å². The number of amides is 3. The number of halogens is 3. The highest BCUT2D eigenvalue weighted by Gasteiger charge is 2.45. The molecule has 12 nitrogen and oxygen atoms in total. The quantitative estimate of drug-likeness (QED) is 0.293. The van der Waals surface area contributed by atoms with E-state index in [9.17, 15) is 18.0 Å². The number of piperazine rings is 1. The first-order chi connectivity index (χ1) is 24.5. The molecule has 16 heteroatoms. The first-order valence-electron chi connectivity index (χ1n) is 16.9. The zero-order chi connectivity index (χ0) is 36.3. The average Bonchev–Trinajstić information content (AvgIpc) is 3.53. The Kier molecular flexibility index (Phi) is 13.1. The Hall–Kier alpha value is -3.43. The minimum Gasteiger partial charge on any atom is -0.493 e. The summed E-state index contributed by atoms with van der Waals surface area (Å²) in [6, 6.07) is 18.0. The van der Waals surface area contributed by atoms with Gasteiger partial charge in [0, 0.05) is 69.5 Å². The van der Waals surface area contributed by atoms with E-state index >= 15 is 0 Å². The van der Waals surface area contributed by atoms with Crippen LogP contribution in [0.1, 0.15) is 35.7 Å². The summed E-state index contributed by atoms with van der Waals surface area (Å²) in [4.78, 5) is 40.5. The molecule has 52 heavy (non-hydrogen) atoms. The van der Waals surface area contributed by atoms with Gasteiger partial charge in [-0.05, 0) is 54.4 Å². The first-order valence-corrected chi connectivity index (χ1v) is 19.1. The minimum absolute atomic E-state index is 0. The van der Waals surface area contributed by atoms with E-state index in [2.05, 4.69) is 4.90 Å². The monoisotopic (exact) mass is 792 g/mol. The fourth-order valence-electron chi connectivity index (χ4n) is 6.54. The summed E-state index contributed by atoms with van der Waals surface area (Å²) in [7, 11) is -0.842. The summed E-state index contributed by atoms with van der Waals surface area (Å²) in [6.45, 7) is 6.44. The van der Waals surface area contributed by atoms with Crippen molar-refractivity contribution in [2.75, 3.05) is 79.7 Å². The molecule has 2 saturated heterocycles. The zero-order valence-electron chi connectivity index (χ0n) is 29.3. The number of nitrogens with zero attached hydrogens (tertiary/aromatic N) is 6. The predicted molar refractivity (Wildman–Crippen MR) is 203 cm³/mol. The van der Waals surface area contributed by atoms with Crippen molar-refractivity contribution in [3.8, 4) is 5.75 Å². The molecule has 3 heterocycles. The summed E-state index contributed by atoms with van der Waals surface area (Å²) >= 11 is 12.6. The number of amidine groups is 1. The van der Waals surface area contributed by atoms with Crippen molar-refractivity contribution in [1.29, 1.82) is 0 Å². The van der Waals surface area contributed by atoms with Crippen molar-refractivity contribution in [2.24, 2.45) is 4.99 Å². The van der Waals surface area contributed by atoms with Gasteiger partial charge in [0.15, 0.2) is 0 Å². The number of aliphatic imine (C=N–C) groups is 1. The lowest BCUT2D eigenvalue weighted by Gasteiger charge is -2.39. The van der Waals surface area contributed by atoms with Gasteiger partial charge >= 0.3 is 6.03 Å². The van der Waals surface area contributed by atoms with E-state index in [0.717, 1.165) is 15.4 Å². The standard InChI is InChI=1S/C36H42Cl2N6O6S.ClH/c1-4-50-31-23-29(51(47,48)40(2)3)13-14-30(31)35-39-33(25-5-9-27(37)10-6-25)34(26-7-11-28(38)12-8-26)44(35)36(46)43-17-15-41(16-18-43)24-32(45)42-19-21-49-22-20-42;/h5-14,23,33-34H,4,15-22,24H2,1-3H3;1H/t33-,34+;/m0./s1. The molecular weight excluding hydrogens is 751 g/mol. The molecule has 2 fully saturated rings. The highest BCUT2D eigenvalue weighted by Crippen LogP contribution is 2.45. The number of rotatable bonds is 9. The van der Waals surface area contributed by atoms with Crippen molar-refractivity contribution < 1.29 is 27.5 Å². The summed E-state index contributed by atoms with van der Waals surface area (Å²) < 4.78 is 38.8. The molecule has 0 aliphatic carbocycles. The molecule has 0 radical (unpaired) electrons. The normalized spacial score (nSPS) is 19.7. The smallest absolute Gasteiger partial charge is 0.326 e. The van der Waals surface area contributed by atoms with Crippen LogP contribution < -0.4 is 4.74 Å². The highest BCUT2D eigenvalue weighted by molar-refractivity contribution is 7.89. The van der Waals surface area contributed by atoms with E-state index in [1.54, 1.807) is 40.1 Å². The van der Waals surface area contributed by atoms with Gasteiger partial charge in [-0.3, -0.25) is 19.6 Å². The topological polar surface area (TPSA) is 115 Å². The summed E-state index contributed by atoms with van der Waals surface area (Å²) in [6.07, 6.45) is 0. The number of morpholine rings is 1. The molecule has 3 amide bonds. The molecule has 2 atom stereocenters. The second kappa shape index (κ2) is 17.1. The molecule has 0 spiro atoms. The molecule has 3 aliphatic heterocycles. The van der Waals surface area contributed by atoms with Crippen molar-refractivity contribution in [3.63, 3.8) is 0 Å². The number of ether oxygens (including phenoxy) is 2. The number of carbonyl (C=O) groups is 2. The molecule has 280 valence electrons. The third-order valence-corrected chi connectivity index (χ3v) is 11.6. The maximum absolute atomic E-state index is 14.9. The summed E-state index contributed by atoms with van der Waals surface area (Å²) in [5, 5.41) is 1.12. The molecule has 3 aromatic rings. The molecule has 3 aromatic carbocycles. The Morgan fingerprint density at radius 1 is 0.865 bits per heavy atom. The van der Waals surface area contributed by atoms with Gasteiger partial charge < -0.3 is 19.3 Å². The number of benzene rings is 3. The second-order valence-electron chi connectivity index (χ2n) is 12.7. The van der Waals surface area contributed by atoms with Crippen LogP contribution in [0.25, 0.3) is 0 Å². The van der Waals surface area contributed by atoms with E-state index in [1.807, 2.05) is 36.1 Å². The van der Waals surface area contributed by atoms with Gasteiger partial charge in [0.05, 0.1) is 42.9 Å². The minimum atomic E-state index is -3.78. The number of urea groups is 1. The Morgan fingerprint density at radius 2 is 1.46 bits per heavy atom.